The van der Waals surface area contributed by atoms with E-state index in [2.05, 4.69) is 23.3 Å². The summed E-state index contributed by atoms with van der Waals surface area (Å²) in [7, 11) is 0. The van der Waals surface area contributed by atoms with Gasteiger partial charge in [0.2, 0.25) is 5.89 Å². The zero-order chi connectivity index (χ0) is 11.8. The fourth-order valence-electron chi connectivity index (χ4n) is 1.15. The van der Waals surface area contributed by atoms with Crippen LogP contribution in [0.2, 0.25) is 0 Å². The van der Waals surface area contributed by atoms with Gasteiger partial charge in [0.05, 0.1) is 11.8 Å². The first-order chi connectivity index (χ1) is 7.77. The summed E-state index contributed by atoms with van der Waals surface area (Å²) in [5.41, 5.74) is 5.93. The molecule has 0 saturated heterocycles. The van der Waals surface area contributed by atoms with Crippen LogP contribution < -0.4 is 5.73 Å². The molecule has 0 aromatic carbocycles. The highest BCUT2D eigenvalue weighted by Gasteiger charge is 2.13. The fraction of sp³-hybridized carbons (Fsp3) is 0.800. The van der Waals surface area contributed by atoms with Crippen molar-refractivity contribution in [1.29, 1.82) is 0 Å². The van der Waals surface area contributed by atoms with Crippen molar-refractivity contribution >= 4 is 23.5 Å². The quantitative estimate of drug-likeness (QED) is 0.725. The fourth-order valence-corrected chi connectivity index (χ4v) is 2.38. The summed E-state index contributed by atoms with van der Waals surface area (Å²) >= 11 is 3.59. The number of aromatic nitrogens is 2. The molecule has 2 N–H and O–H groups in total. The lowest BCUT2D eigenvalue weighted by Crippen LogP contribution is -2.11. The molecule has 1 rings (SSSR count). The van der Waals surface area contributed by atoms with Crippen LogP contribution in [0, 0.1) is 0 Å². The van der Waals surface area contributed by atoms with Crippen molar-refractivity contribution in [2.24, 2.45) is 5.73 Å². The van der Waals surface area contributed by atoms with E-state index in [9.17, 15) is 0 Å². The minimum Gasteiger partial charge on any atom is -0.338 e. The van der Waals surface area contributed by atoms with E-state index in [1.54, 1.807) is 11.8 Å². The van der Waals surface area contributed by atoms with Gasteiger partial charge in [-0.05, 0) is 30.6 Å². The summed E-state index contributed by atoms with van der Waals surface area (Å²) in [6, 6.07) is -0.120. The van der Waals surface area contributed by atoms with Crippen molar-refractivity contribution in [3.05, 3.63) is 11.7 Å². The minimum atomic E-state index is -0.120. The van der Waals surface area contributed by atoms with Crippen molar-refractivity contribution in [3.8, 4) is 0 Å². The molecule has 0 aliphatic rings. The van der Waals surface area contributed by atoms with E-state index in [4.69, 9.17) is 10.3 Å². The molecule has 0 bridgehead atoms. The Morgan fingerprint density at radius 2 is 2.25 bits per heavy atom. The van der Waals surface area contributed by atoms with Crippen LogP contribution in [0.15, 0.2) is 4.52 Å². The number of nitrogens with two attached hydrogens (primary N) is 1. The van der Waals surface area contributed by atoms with Crippen LogP contribution in [0.25, 0.3) is 0 Å². The third-order valence-electron chi connectivity index (χ3n) is 2.01. The molecule has 4 nitrogen and oxygen atoms in total. The van der Waals surface area contributed by atoms with Crippen molar-refractivity contribution < 1.29 is 4.52 Å². The van der Waals surface area contributed by atoms with Gasteiger partial charge in [0.25, 0.3) is 0 Å². The van der Waals surface area contributed by atoms with Crippen LogP contribution in [0.4, 0.5) is 0 Å². The van der Waals surface area contributed by atoms with Gasteiger partial charge in [-0.2, -0.15) is 28.5 Å². The second kappa shape index (κ2) is 7.97. The first-order valence-corrected chi connectivity index (χ1v) is 7.97. The smallest absolute Gasteiger partial charge is 0.243 e. The lowest BCUT2D eigenvalue weighted by atomic mass is 10.2. The Morgan fingerprint density at radius 3 is 2.94 bits per heavy atom. The normalized spacial score (nSPS) is 12.9. The maximum absolute atomic E-state index is 5.93. The largest absolute Gasteiger partial charge is 0.338 e. The van der Waals surface area contributed by atoms with Gasteiger partial charge >= 0.3 is 0 Å². The Hall–Kier alpha value is -0.200. The molecule has 0 aliphatic carbocycles. The lowest BCUT2D eigenvalue weighted by Gasteiger charge is -2.03. The summed E-state index contributed by atoms with van der Waals surface area (Å²) in [6.45, 7) is 2.16. The summed E-state index contributed by atoms with van der Waals surface area (Å²) < 4.78 is 5.15. The molecule has 0 radical (unpaired) electrons. The molecule has 1 atom stereocenters. The van der Waals surface area contributed by atoms with Crippen LogP contribution >= 0.6 is 23.5 Å². The summed E-state index contributed by atoms with van der Waals surface area (Å²) in [4.78, 5) is 4.30. The lowest BCUT2D eigenvalue weighted by molar-refractivity contribution is 0.350. The molecule has 1 heterocycles. The maximum atomic E-state index is 5.93. The number of rotatable bonds is 8. The van der Waals surface area contributed by atoms with Crippen molar-refractivity contribution in [2.45, 2.75) is 31.6 Å². The van der Waals surface area contributed by atoms with Crippen molar-refractivity contribution in [3.63, 3.8) is 0 Å². The van der Waals surface area contributed by atoms with Gasteiger partial charge in [-0.3, -0.25) is 0 Å². The molecule has 0 fully saturated rings. The van der Waals surface area contributed by atoms with E-state index in [1.807, 2.05) is 11.8 Å². The van der Waals surface area contributed by atoms with E-state index in [0.717, 1.165) is 29.5 Å². The second-order valence-corrected chi connectivity index (χ2v) is 5.58. The number of nitrogens with zero attached hydrogens (tertiary/aromatic N) is 2. The molecular formula is C10H19N3OS2. The number of hydrogen-bond acceptors (Lipinski definition) is 6. The second-order valence-electron chi connectivity index (χ2n) is 3.49. The maximum Gasteiger partial charge on any atom is 0.243 e. The monoisotopic (exact) mass is 261 g/mol. The molecule has 1 aromatic heterocycles. The molecule has 6 heteroatoms. The Kier molecular flexibility index (Phi) is 6.91. The zero-order valence-corrected chi connectivity index (χ0v) is 11.4. The number of thioether (sulfide) groups is 2. The number of hydrogen-bond donors (Lipinski definition) is 1. The molecule has 92 valence electrons. The third kappa shape index (κ3) is 4.76. The van der Waals surface area contributed by atoms with Crippen molar-refractivity contribution in [1.82, 2.24) is 10.1 Å². The van der Waals surface area contributed by atoms with E-state index >= 15 is 0 Å². The zero-order valence-electron chi connectivity index (χ0n) is 9.81. The van der Waals surface area contributed by atoms with Gasteiger partial charge in [-0.15, -0.1) is 0 Å². The molecule has 16 heavy (non-hydrogen) atoms. The first-order valence-electron chi connectivity index (χ1n) is 5.42. The van der Waals surface area contributed by atoms with E-state index in [0.29, 0.717) is 5.89 Å². The van der Waals surface area contributed by atoms with Gasteiger partial charge in [-0.1, -0.05) is 12.1 Å². The standard InChI is InChI=1S/C10H19N3OS2/c1-3-5-16-7-9-12-10(14-13-9)8(11)4-6-15-2/h8H,3-7,11H2,1-2H3. The van der Waals surface area contributed by atoms with Crippen molar-refractivity contribution in [2.75, 3.05) is 17.8 Å². The Bertz CT molecular complexity index is 293. The Morgan fingerprint density at radius 1 is 1.44 bits per heavy atom. The average molecular weight is 261 g/mol. The minimum absolute atomic E-state index is 0.120. The highest BCUT2D eigenvalue weighted by atomic mass is 32.2. The molecule has 0 aliphatic heterocycles. The Labute approximate surface area is 105 Å². The van der Waals surface area contributed by atoms with Gasteiger partial charge in [0, 0.05) is 0 Å². The van der Waals surface area contributed by atoms with Crippen LogP contribution in [-0.4, -0.2) is 27.9 Å². The highest BCUT2D eigenvalue weighted by molar-refractivity contribution is 7.98. The average Bonchev–Trinajstić information content (AvgIpc) is 2.75. The molecule has 0 saturated carbocycles. The van der Waals surface area contributed by atoms with E-state index in [-0.39, 0.29) is 6.04 Å². The SMILES string of the molecule is CCCSCc1noc(C(N)CCSC)n1. The molecule has 0 spiro atoms. The van der Waals surface area contributed by atoms with Crippen LogP contribution in [0.3, 0.4) is 0 Å². The molecule has 1 aromatic rings. The summed E-state index contributed by atoms with van der Waals surface area (Å²) in [5.74, 6) is 4.28. The first kappa shape index (κ1) is 13.9. The molecule has 0 amide bonds. The predicted molar refractivity (Wildman–Crippen MR) is 70.7 cm³/mol. The third-order valence-corrected chi connectivity index (χ3v) is 3.82. The van der Waals surface area contributed by atoms with Crippen LogP contribution in [-0.2, 0) is 5.75 Å². The summed E-state index contributed by atoms with van der Waals surface area (Å²) in [6.07, 6.45) is 4.11. The van der Waals surface area contributed by atoms with Gasteiger partial charge in [-0.25, -0.2) is 0 Å². The van der Waals surface area contributed by atoms with Gasteiger partial charge in [0.1, 0.15) is 0 Å². The van der Waals surface area contributed by atoms with E-state index < -0.39 is 0 Å². The van der Waals surface area contributed by atoms with E-state index in [1.165, 1.54) is 6.42 Å². The summed E-state index contributed by atoms with van der Waals surface area (Å²) in [5, 5.41) is 3.92. The highest BCUT2D eigenvalue weighted by Crippen LogP contribution is 2.16. The van der Waals surface area contributed by atoms with Crippen LogP contribution in [0.5, 0.6) is 0 Å². The Balaban J connectivity index is 2.37. The van der Waals surface area contributed by atoms with Gasteiger partial charge < -0.3 is 10.3 Å². The molecule has 1 unspecified atom stereocenters. The topological polar surface area (TPSA) is 64.9 Å². The van der Waals surface area contributed by atoms with Gasteiger partial charge in [0.15, 0.2) is 5.82 Å². The molecular weight excluding hydrogens is 242 g/mol. The predicted octanol–water partition coefficient (Wildman–Crippen LogP) is 2.47. The van der Waals surface area contributed by atoms with Crippen LogP contribution in [0.1, 0.15) is 37.5 Å².